The van der Waals surface area contributed by atoms with Crippen molar-refractivity contribution >= 4 is 17.4 Å². The van der Waals surface area contributed by atoms with Crippen LogP contribution in [0.3, 0.4) is 0 Å². The van der Waals surface area contributed by atoms with Crippen molar-refractivity contribution in [2.75, 3.05) is 11.5 Å². The van der Waals surface area contributed by atoms with Gasteiger partial charge in [0.25, 0.3) is 0 Å². The number of nitrogens with two attached hydrogens (primary N) is 1. The molecule has 1 rings (SSSR count). The quantitative estimate of drug-likeness (QED) is 0.533. The van der Waals surface area contributed by atoms with Crippen molar-refractivity contribution in [3.8, 4) is 0 Å². The van der Waals surface area contributed by atoms with Crippen LogP contribution in [0.15, 0.2) is 24.3 Å². The maximum absolute atomic E-state index is 5.64. The van der Waals surface area contributed by atoms with Crippen LogP contribution in [-0.2, 0) is 5.75 Å². The van der Waals surface area contributed by atoms with E-state index in [-0.39, 0.29) is 0 Å². The second kappa shape index (κ2) is 8.51. The minimum Gasteiger partial charge on any atom is -0.399 e. The molecule has 0 atom stereocenters. The van der Waals surface area contributed by atoms with Gasteiger partial charge in [0.15, 0.2) is 0 Å². The molecule has 1 nitrogen and oxygen atoms in total. The first kappa shape index (κ1) is 13.4. The zero-order valence-electron chi connectivity index (χ0n) is 10.2. The molecule has 0 radical (unpaired) electrons. The molecule has 0 aliphatic rings. The van der Waals surface area contributed by atoms with Crippen LogP contribution >= 0.6 is 11.8 Å². The lowest BCUT2D eigenvalue weighted by molar-refractivity contribution is 0.659. The van der Waals surface area contributed by atoms with E-state index in [9.17, 15) is 0 Å². The van der Waals surface area contributed by atoms with Gasteiger partial charge < -0.3 is 5.73 Å². The van der Waals surface area contributed by atoms with Gasteiger partial charge in [-0.1, -0.05) is 44.7 Å². The van der Waals surface area contributed by atoms with Crippen molar-refractivity contribution in [3.05, 3.63) is 29.8 Å². The number of thioether (sulfide) groups is 1. The molecule has 0 spiro atoms. The molecule has 0 saturated carbocycles. The molecule has 0 saturated heterocycles. The van der Waals surface area contributed by atoms with Gasteiger partial charge in [-0.25, -0.2) is 0 Å². The highest BCUT2D eigenvalue weighted by atomic mass is 32.2. The standard InChI is InChI=1S/C14H23NS/c1-2-3-4-5-6-11-16-12-13-7-9-14(15)10-8-13/h7-10H,2-6,11-12,15H2,1H3. The molecular formula is C14H23NS. The first-order valence-electron chi connectivity index (χ1n) is 6.25. The van der Waals surface area contributed by atoms with Gasteiger partial charge in [0, 0.05) is 11.4 Å². The molecule has 2 heteroatoms. The lowest BCUT2D eigenvalue weighted by Gasteiger charge is -2.02. The van der Waals surface area contributed by atoms with E-state index in [0.717, 1.165) is 11.4 Å². The maximum Gasteiger partial charge on any atom is 0.0314 e. The predicted molar refractivity (Wildman–Crippen MR) is 75.8 cm³/mol. The summed E-state index contributed by atoms with van der Waals surface area (Å²) >= 11 is 2.03. The maximum atomic E-state index is 5.64. The number of hydrogen-bond donors (Lipinski definition) is 1. The van der Waals surface area contributed by atoms with E-state index in [1.54, 1.807) is 0 Å². The van der Waals surface area contributed by atoms with E-state index in [4.69, 9.17) is 5.73 Å². The van der Waals surface area contributed by atoms with Crippen molar-refractivity contribution in [1.82, 2.24) is 0 Å². The highest BCUT2D eigenvalue weighted by molar-refractivity contribution is 7.98. The van der Waals surface area contributed by atoms with Crippen LogP contribution in [0.5, 0.6) is 0 Å². The van der Waals surface area contributed by atoms with E-state index in [1.165, 1.54) is 43.4 Å². The summed E-state index contributed by atoms with van der Waals surface area (Å²) in [6.45, 7) is 2.26. The smallest absolute Gasteiger partial charge is 0.0314 e. The average molecular weight is 237 g/mol. The SMILES string of the molecule is CCCCCCCSCc1ccc(N)cc1. The van der Waals surface area contributed by atoms with Crippen molar-refractivity contribution in [3.63, 3.8) is 0 Å². The molecule has 0 bridgehead atoms. The van der Waals surface area contributed by atoms with Crippen LogP contribution in [0.25, 0.3) is 0 Å². The normalized spacial score (nSPS) is 10.6. The molecule has 1 aromatic carbocycles. The molecular weight excluding hydrogens is 214 g/mol. The number of anilines is 1. The van der Waals surface area contributed by atoms with Crippen LogP contribution in [0.2, 0.25) is 0 Å². The summed E-state index contributed by atoms with van der Waals surface area (Å²) in [6, 6.07) is 8.22. The molecule has 16 heavy (non-hydrogen) atoms. The van der Waals surface area contributed by atoms with Crippen LogP contribution in [-0.4, -0.2) is 5.75 Å². The molecule has 0 unspecified atom stereocenters. The lowest BCUT2D eigenvalue weighted by atomic mass is 10.2. The van der Waals surface area contributed by atoms with Gasteiger partial charge in [-0.05, 0) is 29.9 Å². The third kappa shape index (κ3) is 6.06. The van der Waals surface area contributed by atoms with Crippen molar-refractivity contribution in [1.29, 1.82) is 0 Å². The number of hydrogen-bond acceptors (Lipinski definition) is 2. The summed E-state index contributed by atoms with van der Waals surface area (Å²) in [7, 11) is 0. The second-order valence-electron chi connectivity index (χ2n) is 4.21. The molecule has 0 aromatic heterocycles. The fourth-order valence-corrected chi connectivity index (χ4v) is 2.59. The number of rotatable bonds is 8. The Morgan fingerprint density at radius 2 is 1.69 bits per heavy atom. The van der Waals surface area contributed by atoms with Gasteiger partial charge in [0.05, 0.1) is 0 Å². The molecule has 0 amide bonds. The lowest BCUT2D eigenvalue weighted by Crippen LogP contribution is -1.87. The van der Waals surface area contributed by atoms with Gasteiger partial charge in [-0.2, -0.15) is 11.8 Å². The van der Waals surface area contributed by atoms with Crippen molar-refractivity contribution < 1.29 is 0 Å². The summed E-state index contributed by atoms with van der Waals surface area (Å²) in [5.74, 6) is 2.40. The van der Waals surface area contributed by atoms with Gasteiger partial charge in [-0.3, -0.25) is 0 Å². The molecule has 0 fully saturated rings. The first-order chi connectivity index (χ1) is 7.83. The highest BCUT2D eigenvalue weighted by Crippen LogP contribution is 2.16. The molecule has 2 N–H and O–H groups in total. The topological polar surface area (TPSA) is 26.0 Å². The Morgan fingerprint density at radius 1 is 1.00 bits per heavy atom. The van der Waals surface area contributed by atoms with Crippen molar-refractivity contribution in [2.45, 2.75) is 44.8 Å². The Labute approximate surface area is 104 Å². The zero-order chi connectivity index (χ0) is 11.6. The Hall–Kier alpha value is -0.630. The number of unbranched alkanes of at least 4 members (excludes halogenated alkanes) is 4. The minimum atomic E-state index is 0.855. The van der Waals surface area contributed by atoms with E-state index < -0.39 is 0 Å². The summed E-state index contributed by atoms with van der Waals surface area (Å²) < 4.78 is 0. The molecule has 0 heterocycles. The minimum absolute atomic E-state index is 0.855. The molecule has 1 aromatic rings. The molecule has 0 aliphatic heterocycles. The third-order valence-electron chi connectivity index (χ3n) is 2.64. The van der Waals surface area contributed by atoms with E-state index in [0.29, 0.717) is 0 Å². The Balaban J connectivity index is 2.01. The fourth-order valence-electron chi connectivity index (χ4n) is 1.61. The Bertz CT molecular complexity index is 269. The molecule has 90 valence electrons. The van der Waals surface area contributed by atoms with E-state index in [2.05, 4.69) is 19.1 Å². The fraction of sp³-hybridized carbons (Fsp3) is 0.571. The number of benzene rings is 1. The first-order valence-corrected chi connectivity index (χ1v) is 7.40. The monoisotopic (exact) mass is 237 g/mol. The summed E-state index contributed by atoms with van der Waals surface area (Å²) in [5.41, 5.74) is 7.88. The highest BCUT2D eigenvalue weighted by Gasteiger charge is 1.94. The van der Waals surface area contributed by atoms with Gasteiger partial charge in [-0.15, -0.1) is 0 Å². The summed E-state index contributed by atoms with van der Waals surface area (Å²) in [4.78, 5) is 0. The predicted octanol–water partition coefficient (Wildman–Crippen LogP) is 4.47. The zero-order valence-corrected chi connectivity index (χ0v) is 11.1. The van der Waals surface area contributed by atoms with Crippen molar-refractivity contribution in [2.24, 2.45) is 0 Å². The van der Waals surface area contributed by atoms with Gasteiger partial charge in [0.2, 0.25) is 0 Å². The van der Waals surface area contributed by atoms with Gasteiger partial charge in [0.1, 0.15) is 0 Å². The summed E-state index contributed by atoms with van der Waals surface area (Å²) in [6.07, 6.45) is 6.88. The van der Waals surface area contributed by atoms with Gasteiger partial charge >= 0.3 is 0 Å². The average Bonchev–Trinajstić information content (AvgIpc) is 2.30. The molecule has 0 aliphatic carbocycles. The summed E-state index contributed by atoms with van der Waals surface area (Å²) in [5, 5.41) is 0. The third-order valence-corrected chi connectivity index (χ3v) is 3.76. The Morgan fingerprint density at radius 3 is 2.38 bits per heavy atom. The van der Waals surface area contributed by atoms with Crippen LogP contribution < -0.4 is 5.73 Å². The van der Waals surface area contributed by atoms with E-state index in [1.807, 2.05) is 23.9 Å². The number of nitrogen functional groups attached to an aromatic ring is 1. The van der Waals surface area contributed by atoms with Crippen LogP contribution in [0, 0.1) is 0 Å². The van der Waals surface area contributed by atoms with Crippen LogP contribution in [0.1, 0.15) is 44.6 Å². The second-order valence-corrected chi connectivity index (χ2v) is 5.31. The largest absolute Gasteiger partial charge is 0.399 e. The Kier molecular flexibility index (Phi) is 7.15. The van der Waals surface area contributed by atoms with E-state index >= 15 is 0 Å². The van der Waals surface area contributed by atoms with Crippen LogP contribution in [0.4, 0.5) is 5.69 Å².